The van der Waals surface area contributed by atoms with E-state index in [2.05, 4.69) is 4.90 Å². The van der Waals surface area contributed by atoms with Crippen LogP contribution in [0.25, 0.3) is 10.2 Å². The second-order valence-corrected chi connectivity index (χ2v) is 10.3. The standard InChI is InChI=1S/C23H32N4O2S/c1-15-24-21(20-18-5-3-4-6-19(18)30-22(20)25-15)27-10-7-16(8-11-27)13-26(2)23(28)17-9-12-29-14-17/h16-17H,3-14H2,1-2H3. The van der Waals surface area contributed by atoms with Crippen molar-refractivity contribution in [3.8, 4) is 0 Å². The van der Waals surface area contributed by atoms with Crippen molar-refractivity contribution in [3.05, 3.63) is 16.3 Å². The molecule has 2 fully saturated rings. The number of anilines is 1. The monoisotopic (exact) mass is 428 g/mol. The number of ether oxygens (including phenoxy) is 1. The fraction of sp³-hybridized carbons (Fsp3) is 0.696. The molecule has 7 heteroatoms. The highest BCUT2D eigenvalue weighted by molar-refractivity contribution is 7.19. The van der Waals surface area contributed by atoms with E-state index in [4.69, 9.17) is 14.7 Å². The van der Waals surface area contributed by atoms with Crippen LogP contribution in [-0.2, 0) is 22.4 Å². The number of fused-ring (bicyclic) bond motifs is 3. The molecule has 6 nitrogen and oxygen atoms in total. The minimum atomic E-state index is 0.0668. The van der Waals surface area contributed by atoms with Crippen LogP contribution in [0, 0.1) is 18.8 Å². The summed E-state index contributed by atoms with van der Waals surface area (Å²) < 4.78 is 5.39. The molecule has 4 heterocycles. The number of hydrogen-bond donors (Lipinski definition) is 0. The Hall–Kier alpha value is -1.73. The fourth-order valence-corrected chi connectivity index (χ4v) is 6.62. The van der Waals surface area contributed by atoms with Gasteiger partial charge in [0.05, 0.1) is 17.9 Å². The second kappa shape index (κ2) is 8.42. The first kappa shape index (κ1) is 20.2. The van der Waals surface area contributed by atoms with E-state index in [9.17, 15) is 4.79 Å². The number of nitrogens with zero attached hydrogens (tertiary/aromatic N) is 4. The van der Waals surface area contributed by atoms with Crippen LogP contribution in [-0.4, -0.2) is 60.7 Å². The number of thiophene rings is 1. The highest BCUT2D eigenvalue weighted by Gasteiger charge is 2.30. The molecule has 2 aromatic rings. The molecular weight excluding hydrogens is 396 g/mol. The molecule has 5 rings (SSSR count). The zero-order valence-corrected chi connectivity index (χ0v) is 19.0. The van der Waals surface area contributed by atoms with Gasteiger partial charge in [0.2, 0.25) is 5.91 Å². The molecule has 1 aliphatic carbocycles. The summed E-state index contributed by atoms with van der Waals surface area (Å²) in [6.45, 7) is 6.21. The zero-order valence-electron chi connectivity index (χ0n) is 18.2. The molecule has 0 radical (unpaired) electrons. The van der Waals surface area contributed by atoms with Crippen molar-refractivity contribution >= 4 is 33.3 Å². The van der Waals surface area contributed by atoms with E-state index < -0.39 is 0 Å². The SMILES string of the molecule is Cc1nc(N2CCC(CN(C)C(=O)C3CCOC3)CC2)c2c3c(sc2n1)CCCC3. The molecule has 2 aromatic heterocycles. The minimum absolute atomic E-state index is 0.0668. The Balaban J connectivity index is 1.28. The number of carbonyl (C=O) groups excluding carboxylic acids is 1. The van der Waals surface area contributed by atoms with Crippen molar-refractivity contribution in [1.29, 1.82) is 0 Å². The number of aromatic nitrogens is 2. The predicted octanol–water partition coefficient (Wildman–Crippen LogP) is 3.59. The van der Waals surface area contributed by atoms with Gasteiger partial charge in [-0.2, -0.15) is 0 Å². The quantitative estimate of drug-likeness (QED) is 0.745. The molecule has 0 bridgehead atoms. The van der Waals surface area contributed by atoms with Crippen molar-refractivity contribution in [3.63, 3.8) is 0 Å². The van der Waals surface area contributed by atoms with Crippen molar-refractivity contribution < 1.29 is 9.53 Å². The second-order valence-electron chi connectivity index (χ2n) is 9.20. The summed E-state index contributed by atoms with van der Waals surface area (Å²) in [6.07, 6.45) is 8.03. The number of rotatable bonds is 4. The van der Waals surface area contributed by atoms with E-state index in [1.807, 2.05) is 30.2 Å². The lowest BCUT2D eigenvalue weighted by Gasteiger charge is -2.35. The summed E-state index contributed by atoms with van der Waals surface area (Å²) in [5, 5.41) is 1.33. The van der Waals surface area contributed by atoms with Gasteiger partial charge in [-0.05, 0) is 63.4 Å². The van der Waals surface area contributed by atoms with Crippen LogP contribution in [0.2, 0.25) is 0 Å². The number of aryl methyl sites for hydroxylation is 3. The Morgan fingerprint density at radius 1 is 1.20 bits per heavy atom. The maximum atomic E-state index is 12.6. The van der Waals surface area contributed by atoms with Crippen molar-refractivity contribution in [2.45, 2.75) is 51.9 Å². The fourth-order valence-electron chi connectivity index (χ4n) is 5.32. The smallest absolute Gasteiger partial charge is 0.227 e. The molecule has 0 N–H and O–H groups in total. The van der Waals surface area contributed by atoms with Gasteiger partial charge in [-0.15, -0.1) is 11.3 Å². The summed E-state index contributed by atoms with van der Waals surface area (Å²) >= 11 is 1.88. The Morgan fingerprint density at radius 2 is 2.00 bits per heavy atom. The van der Waals surface area contributed by atoms with Crippen LogP contribution in [0.4, 0.5) is 5.82 Å². The summed E-state index contributed by atoms with van der Waals surface area (Å²) in [6, 6.07) is 0. The van der Waals surface area contributed by atoms with Crippen LogP contribution in [0.3, 0.4) is 0 Å². The van der Waals surface area contributed by atoms with E-state index in [-0.39, 0.29) is 11.8 Å². The van der Waals surface area contributed by atoms with Crippen LogP contribution in [0.1, 0.15) is 48.4 Å². The molecular formula is C23H32N4O2S. The molecule has 0 aromatic carbocycles. The largest absolute Gasteiger partial charge is 0.381 e. The normalized spacial score (nSPS) is 22.5. The van der Waals surface area contributed by atoms with Gasteiger partial charge >= 0.3 is 0 Å². The number of piperidine rings is 1. The molecule has 0 saturated carbocycles. The molecule has 2 saturated heterocycles. The molecule has 1 amide bonds. The first-order chi connectivity index (χ1) is 14.6. The Bertz CT molecular complexity index is 929. The topological polar surface area (TPSA) is 58.6 Å². The number of amides is 1. The van der Waals surface area contributed by atoms with Gasteiger partial charge in [-0.1, -0.05) is 0 Å². The maximum absolute atomic E-state index is 12.6. The Labute approximate surface area is 182 Å². The van der Waals surface area contributed by atoms with Crippen molar-refractivity contribution in [2.75, 3.05) is 44.8 Å². The van der Waals surface area contributed by atoms with E-state index in [1.165, 1.54) is 46.3 Å². The highest BCUT2D eigenvalue weighted by Crippen LogP contribution is 2.40. The molecule has 1 atom stereocenters. The summed E-state index contributed by atoms with van der Waals surface area (Å²) in [7, 11) is 1.96. The average molecular weight is 429 g/mol. The molecule has 1 unspecified atom stereocenters. The number of hydrogen-bond acceptors (Lipinski definition) is 6. The first-order valence-corrected chi connectivity index (χ1v) is 12.3. The van der Waals surface area contributed by atoms with Gasteiger partial charge in [0.25, 0.3) is 0 Å². The third-order valence-corrected chi connectivity index (χ3v) is 8.19. The maximum Gasteiger partial charge on any atom is 0.227 e. The first-order valence-electron chi connectivity index (χ1n) is 11.5. The van der Waals surface area contributed by atoms with Gasteiger partial charge in [0.1, 0.15) is 16.5 Å². The Morgan fingerprint density at radius 3 is 2.77 bits per heavy atom. The van der Waals surface area contributed by atoms with Gasteiger partial charge < -0.3 is 14.5 Å². The third-order valence-electron chi connectivity index (χ3n) is 7.01. The van der Waals surface area contributed by atoms with Gasteiger partial charge in [-0.3, -0.25) is 4.79 Å². The summed E-state index contributed by atoms with van der Waals surface area (Å²) in [4.78, 5) is 29.4. The minimum Gasteiger partial charge on any atom is -0.381 e. The van der Waals surface area contributed by atoms with Gasteiger partial charge in [0, 0.05) is 38.2 Å². The van der Waals surface area contributed by atoms with Crippen molar-refractivity contribution in [2.24, 2.45) is 11.8 Å². The van der Waals surface area contributed by atoms with Crippen LogP contribution in [0.15, 0.2) is 0 Å². The molecule has 3 aliphatic rings. The zero-order chi connectivity index (χ0) is 20.7. The summed E-state index contributed by atoms with van der Waals surface area (Å²) in [5.41, 5.74) is 1.52. The van der Waals surface area contributed by atoms with E-state index in [0.717, 1.165) is 57.1 Å². The van der Waals surface area contributed by atoms with Crippen LogP contribution < -0.4 is 4.90 Å². The van der Waals surface area contributed by atoms with Gasteiger partial charge in [-0.25, -0.2) is 9.97 Å². The molecule has 2 aliphatic heterocycles. The lowest BCUT2D eigenvalue weighted by atomic mass is 9.94. The molecule has 162 valence electrons. The van der Waals surface area contributed by atoms with Crippen molar-refractivity contribution in [1.82, 2.24) is 14.9 Å². The van der Waals surface area contributed by atoms with Gasteiger partial charge in [0.15, 0.2) is 0 Å². The summed E-state index contributed by atoms with van der Waals surface area (Å²) in [5.74, 6) is 2.92. The predicted molar refractivity (Wildman–Crippen MR) is 120 cm³/mol. The third kappa shape index (κ3) is 3.82. The molecule has 30 heavy (non-hydrogen) atoms. The number of carbonyl (C=O) groups is 1. The average Bonchev–Trinajstić information content (AvgIpc) is 3.41. The van der Waals surface area contributed by atoms with E-state index in [0.29, 0.717) is 12.5 Å². The lowest BCUT2D eigenvalue weighted by Crippen LogP contribution is -2.41. The highest BCUT2D eigenvalue weighted by atomic mass is 32.1. The van der Waals surface area contributed by atoms with Crippen LogP contribution in [0.5, 0.6) is 0 Å². The van der Waals surface area contributed by atoms with E-state index in [1.54, 1.807) is 0 Å². The van der Waals surface area contributed by atoms with E-state index >= 15 is 0 Å². The lowest BCUT2D eigenvalue weighted by molar-refractivity contribution is -0.134. The Kier molecular flexibility index (Phi) is 5.67. The molecule has 0 spiro atoms. The van der Waals surface area contributed by atoms with Crippen LogP contribution >= 0.6 is 11.3 Å².